The molecule has 5 nitrogen and oxygen atoms in total. The van der Waals surface area contributed by atoms with Crippen molar-refractivity contribution < 1.29 is 26.4 Å². The first-order valence-corrected chi connectivity index (χ1v) is 10.7. The maximum absolute atomic E-state index is 13.9. The molecule has 0 bridgehead atoms. The largest absolute Gasteiger partial charge is 0.351 e. The van der Waals surface area contributed by atoms with Crippen LogP contribution in [-0.4, -0.2) is 33.1 Å². The van der Waals surface area contributed by atoms with Crippen LogP contribution in [0, 0.1) is 11.6 Å². The Bertz CT molecular complexity index is 973. The molecular formula is C20H21F3N2O3S. The lowest BCUT2D eigenvalue weighted by molar-refractivity contribution is -0.122. The highest BCUT2D eigenvalue weighted by Crippen LogP contribution is 2.26. The summed E-state index contributed by atoms with van der Waals surface area (Å²) < 4.78 is 67.1. The van der Waals surface area contributed by atoms with Gasteiger partial charge in [-0.1, -0.05) is 12.1 Å². The number of nitrogens with one attached hydrogen (secondary N) is 2. The van der Waals surface area contributed by atoms with Crippen molar-refractivity contribution in [3.8, 4) is 11.1 Å². The summed E-state index contributed by atoms with van der Waals surface area (Å²) in [4.78, 5) is 11.1. The molecule has 0 spiro atoms. The van der Waals surface area contributed by atoms with Crippen molar-refractivity contribution in [2.24, 2.45) is 0 Å². The molecule has 0 radical (unpaired) electrons. The number of amides is 1. The van der Waals surface area contributed by atoms with E-state index in [1.807, 2.05) is 0 Å². The minimum Gasteiger partial charge on any atom is -0.351 e. The van der Waals surface area contributed by atoms with Crippen molar-refractivity contribution in [2.45, 2.75) is 42.7 Å². The van der Waals surface area contributed by atoms with Crippen molar-refractivity contribution in [2.75, 3.05) is 6.67 Å². The number of benzene rings is 2. The van der Waals surface area contributed by atoms with E-state index in [0.717, 1.165) is 12.1 Å². The molecule has 1 saturated carbocycles. The quantitative estimate of drug-likeness (QED) is 0.744. The van der Waals surface area contributed by atoms with Crippen molar-refractivity contribution in [3.63, 3.8) is 0 Å². The summed E-state index contributed by atoms with van der Waals surface area (Å²) in [6, 6.07) is 8.44. The minimum absolute atomic E-state index is 0.0385. The standard InChI is InChI=1S/C20H21F3N2O3S/c21-12-20(26)24-15-4-6-16(7-5-15)25-29(27,28)17-8-1-13(2-9-17)18-10-3-14(22)11-19(18)23/h1-3,8-11,15-16,25H,4-7,12H2,(H,24,26). The van der Waals surface area contributed by atoms with Gasteiger partial charge in [0.05, 0.1) is 4.90 Å². The van der Waals surface area contributed by atoms with Crippen LogP contribution < -0.4 is 10.0 Å². The summed E-state index contributed by atoms with van der Waals surface area (Å²) in [7, 11) is -3.77. The van der Waals surface area contributed by atoms with Crippen molar-refractivity contribution in [3.05, 3.63) is 54.1 Å². The summed E-state index contributed by atoms with van der Waals surface area (Å²) in [5.41, 5.74) is 0.613. The number of hydrogen-bond acceptors (Lipinski definition) is 3. The second-order valence-electron chi connectivity index (χ2n) is 7.02. The molecule has 1 amide bonds. The highest BCUT2D eigenvalue weighted by Gasteiger charge is 2.26. The Labute approximate surface area is 167 Å². The Morgan fingerprint density at radius 3 is 2.17 bits per heavy atom. The normalized spacial score (nSPS) is 19.7. The molecule has 2 aromatic carbocycles. The van der Waals surface area contributed by atoms with Gasteiger partial charge in [-0.3, -0.25) is 4.79 Å². The molecule has 2 aromatic rings. The van der Waals surface area contributed by atoms with Gasteiger partial charge in [0.15, 0.2) is 6.67 Å². The van der Waals surface area contributed by atoms with Crippen LogP contribution in [0.15, 0.2) is 47.4 Å². The molecular weight excluding hydrogens is 405 g/mol. The number of alkyl halides is 1. The van der Waals surface area contributed by atoms with E-state index in [9.17, 15) is 26.4 Å². The Morgan fingerprint density at radius 1 is 0.966 bits per heavy atom. The van der Waals surface area contributed by atoms with Gasteiger partial charge in [-0.15, -0.1) is 0 Å². The van der Waals surface area contributed by atoms with Crippen LogP contribution in [-0.2, 0) is 14.8 Å². The van der Waals surface area contributed by atoms with Crippen LogP contribution in [0.2, 0.25) is 0 Å². The van der Waals surface area contributed by atoms with Crippen molar-refractivity contribution in [1.82, 2.24) is 10.0 Å². The predicted octanol–water partition coefficient (Wildman–Crippen LogP) is 3.31. The first-order chi connectivity index (χ1) is 13.8. The second kappa shape index (κ2) is 8.96. The Morgan fingerprint density at radius 2 is 1.59 bits per heavy atom. The third-order valence-electron chi connectivity index (χ3n) is 4.94. The molecule has 9 heteroatoms. The minimum atomic E-state index is -3.77. The van der Waals surface area contributed by atoms with E-state index in [2.05, 4.69) is 10.0 Å². The lowest BCUT2D eigenvalue weighted by Gasteiger charge is -2.29. The van der Waals surface area contributed by atoms with Crippen LogP contribution in [0.1, 0.15) is 25.7 Å². The molecule has 2 N–H and O–H groups in total. The highest BCUT2D eigenvalue weighted by molar-refractivity contribution is 7.89. The smallest absolute Gasteiger partial charge is 0.251 e. The molecule has 29 heavy (non-hydrogen) atoms. The Hall–Kier alpha value is -2.39. The van der Waals surface area contributed by atoms with Gasteiger partial charge in [-0.05, 0) is 55.5 Å². The number of carbonyl (C=O) groups excluding carboxylic acids is 1. The van der Waals surface area contributed by atoms with Crippen LogP contribution in [0.4, 0.5) is 13.2 Å². The molecule has 0 atom stereocenters. The zero-order valence-corrected chi connectivity index (χ0v) is 16.3. The van der Waals surface area contributed by atoms with Gasteiger partial charge in [-0.25, -0.2) is 26.3 Å². The average molecular weight is 426 g/mol. The highest BCUT2D eigenvalue weighted by atomic mass is 32.2. The zero-order valence-electron chi connectivity index (χ0n) is 15.5. The maximum Gasteiger partial charge on any atom is 0.251 e. The number of carbonyl (C=O) groups is 1. The fraction of sp³-hybridized carbons (Fsp3) is 0.350. The van der Waals surface area contributed by atoms with Gasteiger partial charge in [-0.2, -0.15) is 0 Å². The van der Waals surface area contributed by atoms with Gasteiger partial charge in [0, 0.05) is 23.7 Å². The van der Waals surface area contributed by atoms with E-state index >= 15 is 0 Å². The lowest BCUT2D eigenvalue weighted by atomic mass is 9.92. The van der Waals surface area contributed by atoms with Crippen LogP contribution in [0.5, 0.6) is 0 Å². The number of halogens is 3. The fourth-order valence-corrected chi connectivity index (χ4v) is 4.75. The van der Waals surface area contributed by atoms with Gasteiger partial charge in [0.1, 0.15) is 11.6 Å². The molecule has 1 aliphatic carbocycles. The summed E-state index contributed by atoms with van der Waals surface area (Å²) in [6.07, 6.45) is 2.16. The van der Waals surface area contributed by atoms with E-state index in [-0.39, 0.29) is 22.5 Å². The van der Waals surface area contributed by atoms with E-state index < -0.39 is 34.2 Å². The summed E-state index contributed by atoms with van der Waals surface area (Å²) in [5.74, 6) is -2.07. The van der Waals surface area contributed by atoms with Crippen molar-refractivity contribution in [1.29, 1.82) is 0 Å². The number of hydrogen-bond donors (Lipinski definition) is 2. The topological polar surface area (TPSA) is 75.3 Å². The van der Waals surface area contributed by atoms with E-state index in [1.165, 1.54) is 30.3 Å². The van der Waals surface area contributed by atoms with Crippen LogP contribution in [0.25, 0.3) is 11.1 Å². The summed E-state index contributed by atoms with van der Waals surface area (Å²) in [5, 5.41) is 2.57. The molecule has 0 unspecified atom stereocenters. The summed E-state index contributed by atoms with van der Waals surface area (Å²) >= 11 is 0. The molecule has 1 aliphatic rings. The third kappa shape index (κ3) is 5.36. The van der Waals surface area contributed by atoms with Gasteiger partial charge >= 0.3 is 0 Å². The molecule has 1 fully saturated rings. The first-order valence-electron chi connectivity index (χ1n) is 9.21. The first kappa shape index (κ1) is 21.3. The van der Waals surface area contributed by atoms with Crippen LogP contribution >= 0.6 is 0 Å². The third-order valence-corrected chi connectivity index (χ3v) is 6.48. The zero-order chi connectivity index (χ0) is 21.0. The van der Waals surface area contributed by atoms with Crippen molar-refractivity contribution >= 4 is 15.9 Å². The van der Waals surface area contributed by atoms with Gasteiger partial charge in [0.2, 0.25) is 10.0 Å². The fourth-order valence-electron chi connectivity index (χ4n) is 3.45. The number of rotatable bonds is 6. The molecule has 0 heterocycles. The predicted molar refractivity (Wildman–Crippen MR) is 102 cm³/mol. The SMILES string of the molecule is O=C(CF)NC1CCC(NS(=O)(=O)c2ccc(-c3ccc(F)cc3F)cc2)CC1. The lowest BCUT2D eigenvalue weighted by Crippen LogP contribution is -2.44. The van der Waals surface area contributed by atoms with Gasteiger partial charge < -0.3 is 5.32 Å². The van der Waals surface area contributed by atoms with Crippen LogP contribution in [0.3, 0.4) is 0 Å². The summed E-state index contributed by atoms with van der Waals surface area (Å²) in [6.45, 7) is -1.07. The monoisotopic (exact) mass is 426 g/mol. The molecule has 0 saturated heterocycles. The molecule has 3 rings (SSSR count). The number of sulfonamides is 1. The van der Waals surface area contributed by atoms with E-state index in [4.69, 9.17) is 0 Å². The Kier molecular flexibility index (Phi) is 6.59. The molecule has 156 valence electrons. The van der Waals surface area contributed by atoms with E-state index in [1.54, 1.807) is 0 Å². The molecule has 0 aliphatic heterocycles. The second-order valence-corrected chi connectivity index (χ2v) is 8.73. The maximum atomic E-state index is 13.9. The molecule has 0 aromatic heterocycles. The van der Waals surface area contributed by atoms with Gasteiger partial charge in [0.25, 0.3) is 5.91 Å². The Balaban J connectivity index is 1.64. The van der Waals surface area contributed by atoms with E-state index in [0.29, 0.717) is 31.2 Å². The average Bonchev–Trinajstić information content (AvgIpc) is 2.69.